The van der Waals surface area contributed by atoms with Gasteiger partial charge in [0.05, 0.1) is 4.92 Å². The Morgan fingerprint density at radius 1 is 1.48 bits per heavy atom. The lowest BCUT2D eigenvalue weighted by Crippen LogP contribution is -2.37. The Kier molecular flexibility index (Phi) is 5.26. The molecule has 8 nitrogen and oxygen atoms in total. The third-order valence-corrected chi connectivity index (χ3v) is 3.56. The molecule has 1 aromatic heterocycles. The van der Waals surface area contributed by atoms with Crippen molar-refractivity contribution in [3.05, 3.63) is 16.3 Å². The minimum atomic E-state index is -0.444. The Bertz CT molecular complexity index is 488. The van der Waals surface area contributed by atoms with Crippen LogP contribution in [0.4, 0.5) is 17.5 Å². The summed E-state index contributed by atoms with van der Waals surface area (Å²) >= 11 is 0. The molecule has 0 bridgehead atoms. The highest BCUT2D eigenvalue weighted by Crippen LogP contribution is 2.24. The molecule has 0 unspecified atom stereocenters. The first-order valence-electron chi connectivity index (χ1n) is 7.30. The molecule has 1 aromatic rings. The van der Waals surface area contributed by atoms with Crippen LogP contribution in [0, 0.1) is 10.1 Å². The van der Waals surface area contributed by atoms with Gasteiger partial charge in [-0.15, -0.1) is 0 Å². The van der Waals surface area contributed by atoms with E-state index in [4.69, 9.17) is 0 Å². The molecular weight excluding hydrogens is 272 g/mol. The molecule has 2 N–H and O–H groups in total. The second-order valence-corrected chi connectivity index (χ2v) is 5.33. The fourth-order valence-corrected chi connectivity index (χ4v) is 2.28. The molecule has 1 aliphatic heterocycles. The average Bonchev–Trinajstić information content (AvgIpc) is 2.47. The van der Waals surface area contributed by atoms with Gasteiger partial charge in [0.1, 0.15) is 6.20 Å². The van der Waals surface area contributed by atoms with E-state index in [0.717, 1.165) is 38.9 Å². The highest BCUT2D eigenvalue weighted by atomic mass is 16.6. The summed E-state index contributed by atoms with van der Waals surface area (Å²) < 4.78 is 0. The summed E-state index contributed by atoms with van der Waals surface area (Å²) in [4.78, 5) is 21.2. The number of rotatable bonds is 6. The number of likely N-dealkylation sites (tertiary alicyclic amines) is 1. The molecule has 8 heteroatoms. The Balaban J connectivity index is 2.12. The summed E-state index contributed by atoms with van der Waals surface area (Å²) in [5.41, 5.74) is -0.0732. The van der Waals surface area contributed by atoms with E-state index in [2.05, 4.69) is 32.5 Å². The smallest absolute Gasteiger partial charge is 0.329 e. The molecule has 0 amide bonds. The van der Waals surface area contributed by atoms with Crippen LogP contribution >= 0.6 is 0 Å². The van der Waals surface area contributed by atoms with Crippen molar-refractivity contribution in [1.29, 1.82) is 0 Å². The van der Waals surface area contributed by atoms with Gasteiger partial charge in [0.15, 0.2) is 0 Å². The van der Waals surface area contributed by atoms with Crippen LogP contribution < -0.4 is 10.6 Å². The molecule has 0 aromatic carbocycles. The molecule has 116 valence electrons. The fraction of sp³-hybridized carbons (Fsp3) is 0.692. The van der Waals surface area contributed by atoms with Crippen molar-refractivity contribution < 1.29 is 4.92 Å². The molecule has 21 heavy (non-hydrogen) atoms. The number of nitro groups is 1. The van der Waals surface area contributed by atoms with E-state index in [-0.39, 0.29) is 11.7 Å². The van der Waals surface area contributed by atoms with Gasteiger partial charge < -0.3 is 15.5 Å². The highest BCUT2D eigenvalue weighted by molar-refractivity contribution is 5.57. The largest absolute Gasteiger partial charge is 0.361 e. The summed E-state index contributed by atoms with van der Waals surface area (Å²) in [6.45, 7) is 4.75. The summed E-state index contributed by atoms with van der Waals surface area (Å²) in [6.07, 6.45) is 4.12. The van der Waals surface area contributed by atoms with Crippen molar-refractivity contribution >= 4 is 17.5 Å². The number of nitrogens with zero attached hydrogens (tertiary/aromatic N) is 4. The van der Waals surface area contributed by atoms with Crippen molar-refractivity contribution in [2.45, 2.75) is 32.2 Å². The lowest BCUT2D eigenvalue weighted by Gasteiger charge is -2.29. The minimum Gasteiger partial charge on any atom is -0.361 e. The Morgan fingerprint density at radius 3 is 2.81 bits per heavy atom. The Hall–Kier alpha value is -1.96. The van der Waals surface area contributed by atoms with E-state index < -0.39 is 4.92 Å². The lowest BCUT2D eigenvalue weighted by atomic mass is 10.1. The number of nitrogens with one attached hydrogen (secondary N) is 2. The zero-order valence-electron chi connectivity index (χ0n) is 12.5. The van der Waals surface area contributed by atoms with Crippen LogP contribution in [0.25, 0.3) is 0 Å². The van der Waals surface area contributed by atoms with Crippen LogP contribution in [0.3, 0.4) is 0 Å². The number of hydrogen-bond donors (Lipinski definition) is 2. The first-order chi connectivity index (χ1) is 10.1. The number of anilines is 2. The van der Waals surface area contributed by atoms with Crippen LogP contribution in [0.2, 0.25) is 0 Å². The lowest BCUT2D eigenvalue weighted by molar-refractivity contribution is -0.384. The first kappa shape index (κ1) is 15.4. The maximum Gasteiger partial charge on any atom is 0.329 e. The SMILES string of the molecule is CCCNc1ncc([N+](=O)[O-])c(NC2CCN(C)CC2)n1. The van der Waals surface area contributed by atoms with Crippen LogP contribution in [0.5, 0.6) is 0 Å². The van der Waals surface area contributed by atoms with Crippen molar-refractivity contribution in [3.63, 3.8) is 0 Å². The fourth-order valence-electron chi connectivity index (χ4n) is 2.28. The highest BCUT2D eigenvalue weighted by Gasteiger charge is 2.22. The van der Waals surface area contributed by atoms with E-state index >= 15 is 0 Å². The van der Waals surface area contributed by atoms with Crippen LogP contribution in [0.1, 0.15) is 26.2 Å². The van der Waals surface area contributed by atoms with Gasteiger partial charge in [-0.05, 0) is 39.4 Å². The molecule has 2 rings (SSSR count). The van der Waals surface area contributed by atoms with Crippen LogP contribution in [-0.2, 0) is 0 Å². The third kappa shape index (κ3) is 4.25. The molecule has 1 saturated heterocycles. The average molecular weight is 294 g/mol. The van der Waals surface area contributed by atoms with Crippen molar-refractivity contribution in [2.75, 3.05) is 37.3 Å². The summed E-state index contributed by atoms with van der Waals surface area (Å²) in [7, 11) is 2.08. The van der Waals surface area contributed by atoms with E-state index in [1.165, 1.54) is 6.20 Å². The van der Waals surface area contributed by atoms with E-state index in [9.17, 15) is 10.1 Å². The van der Waals surface area contributed by atoms with Crippen LogP contribution in [-0.4, -0.2) is 52.5 Å². The standard InChI is InChI=1S/C13H22N6O2/c1-3-6-14-13-15-9-11(19(20)21)12(17-13)16-10-4-7-18(2)8-5-10/h9-10H,3-8H2,1-2H3,(H2,14,15,16,17). The van der Waals surface area contributed by atoms with Crippen molar-refractivity contribution in [3.8, 4) is 0 Å². The minimum absolute atomic E-state index is 0.0732. The van der Waals surface area contributed by atoms with Gasteiger partial charge in [-0.1, -0.05) is 6.92 Å². The number of aromatic nitrogens is 2. The quantitative estimate of drug-likeness (QED) is 0.609. The van der Waals surface area contributed by atoms with Crippen LogP contribution in [0.15, 0.2) is 6.20 Å². The van der Waals surface area contributed by atoms with Crippen molar-refractivity contribution in [1.82, 2.24) is 14.9 Å². The zero-order chi connectivity index (χ0) is 15.2. The third-order valence-electron chi connectivity index (χ3n) is 3.56. The summed E-state index contributed by atoms with van der Waals surface area (Å²) in [6, 6.07) is 0.217. The second kappa shape index (κ2) is 7.16. The van der Waals surface area contributed by atoms with Crippen molar-refractivity contribution in [2.24, 2.45) is 0 Å². The molecule has 0 radical (unpaired) electrons. The molecule has 0 saturated carbocycles. The maximum atomic E-state index is 11.1. The molecule has 0 atom stereocenters. The van der Waals surface area contributed by atoms with E-state index in [0.29, 0.717) is 11.8 Å². The Morgan fingerprint density at radius 2 is 2.19 bits per heavy atom. The summed E-state index contributed by atoms with van der Waals surface area (Å²) in [5, 5.41) is 17.4. The number of piperidine rings is 1. The molecule has 2 heterocycles. The van der Waals surface area contributed by atoms with Gasteiger partial charge in [-0.3, -0.25) is 10.1 Å². The van der Waals surface area contributed by atoms with E-state index in [1.807, 2.05) is 6.92 Å². The topological polar surface area (TPSA) is 96.2 Å². The zero-order valence-corrected chi connectivity index (χ0v) is 12.5. The Labute approximate surface area is 124 Å². The molecule has 0 aliphatic carbocycles. The first-order valence-corrected chi connectivity index (χ1v) is 7.30. The molecule has 1 aliphatic rings. The van der Waals surface area contributed by atoms with Gasteiger partial charge in [-0.2, -0.15) is 4.98 Å². The van der Waals surface area contributed by atoms with Gasteiger partial charge in [-0.25, -0.2) is 4.98 Å². The number of hydrogen-bond acceptors (Lipinski definition) is 7. The summed E-state index contributed by atoms with van der Waals surface area (Å²) in [5.74, 6) is 0.737. The predicted molar refractivity (Wildman–Crippen MR) is 81.6 cm³/mol. The predicted octanol–water partition coefficient (Wildman–Crippen LogP) is 1.71. The van der Waals surface area contributed by atoms with Gasteiger partial charge >= 0.3 is 5.69 Å². The van der Waals surface area contributed by atoms with E-state index in [1.54, 1.807) is 0 Å². The molecule has 0 spiro atoms. The second-order valence-electron chi connectivity index (χ2n) is 5.33. The van der Waals surface area contributed by atoms with Gasteiger partial charge in [0, 0.05) is 12.6 Å². The monoisotopic (exact) mass is 294 g/mol. The maximum absolute atomic E-state index is 11.1. The van der Waals surface area contributed by atoms with Gasteiger partial charge in [0.25, 0.3) is 0 Å². The van der Waals surface area contributed by atoms with Gasteiger partial charge in [0.2, 0.25) is 11.8 Å². The molecular formula is C13H22N6O2. The molecule has 1 fully saturated rings. The normalized spacial score (nSPS) is 16.7.